The van der Waals surface area contributed by atoms with Gasteiger partial charge in [-0.15, -0.1) is 11.3 Å². The first-order valence-electron chi connectivity index (χ1n) is 6.36. The SMILES string of the molecule is Cc1ccc(C(CN)CN2CCN(C)CC2)s1. The molecule has 0 aromatic carbocycles. The molecular formula is C13H23N3S. The average Bonchev–Trinajstić information content (AvgIpc) is 2.75. The lowest BCUT2D eigenvalue weighted by atomic mass is 10.1. The summed E-state index contributed by atoms with van der Waals surface area (Å²) in [5.74, 6) is 0.511. The van der Waals surface area contributed by atoms with Gasteiger partial charge >= 0.3 is 0 Å². The van der Waals surface area contributed by atoms with E-state index < -0.39 is 0 Å². The van der Waals surface area contributed by atoms with Crippen molar-refractivity contribution in [3.63, 3.8) is 0 Å². The molecule has 1 saturated heterocycles. The minimum Gasteiger partial charge on any atom is -0.330 e. The summed E-state index contributed by atoms with van der Waals surface area (Å²) >= 11 is 1.89. The van der Waals surface area contributed by atoms with E-state index in [4.69, 9.17) is 5.73 Å². The highest BCUT2D eigenvalue weighted by Gasteiger charge is 2.19. The van der Waals surface area contributed by atoms with Crippen LogP contribution in [0.1, 0.15) is 15.7 Å². The Morgan fingerprint density at radius 2 is 2.00 bits per heavy atom. The highest BCUT2D eigenvalue weighted by atomic mass is 32.1. The smallest absolute Gasteiger partial charge is 0.0183 e. The molecule has 2 rings (SSSR count). The van der Waals surface area contributed by atoms with E-state index in [1.54, 1.807) is 0 Å². The molecule has 4 heteroatoms. The van der Waals surface area contributed by atoms with Gasteiger partial charge in [-0.3, -0.25) is 0 Å². The van der Waals surface area contributed by atoms with Crippen LogP contribution in [0.3, 0.4) is 0 Å². The van der Waals surface area contributed by atoms with Gasteiger partial charge in [0, 0.05) is 54.9 Å². The number of piperazine rings is 1. The topological polar surface area (TPSA) is 32.5 Å². The third kappa shape index (κ3) is 3.52. The van der Waals surface area contributed by atoms with Gasteiger partial charge < -0.3 is 15.5 Å². The molecular weight excluding hydrogens is 230 g/mol. The van der Waals surface area contributed by atoms with Crippen molar-refractivity contribution >= 4 is 11.3 Å². The first-order chi connectivity index (χ1) is 8.19. The van der Waals surface area contributed by atoms with Crippen LogP contribution in [0.4, 0.5) is 0 Å². The maximum atomic E-state index is 5.93. The van der Waals surface area contributed by atoms with Crippen molar-refractivity contribution in [2.24, 2.45) is 5.73 Å². The fourth-order valence-corrected chi connectivity index (χ4v) is 3.28. The highest BCUT2D eigenvalue weighted by molar-refractivity contribution is 7.12. The van der Waals surface area contributed by atoms with Gasteiger partial charge in [0.15, 0.2) is 0 Å². The van der Waals surface area contributed by atoms with Crippen LogP contribution in [0.25, 0.3) is 0 Å². The fraction of sp³-hybridized carbons (Fsp3) is 0.692. The third-order valence-corrected chi connectivity index (χ3v) is 4.69. The molecule has 2 heterocycles. The summed E-state index contributed by atoms with van der Waals surface area (Å²) in [5.41, 5.74) is 5.93. The van der Waals surface area contributed by atoms with E-state index in [0.29, 0.717) is 5.92 Å². The van der Waals surface area contributed by atoms with E-state index in [-0.39, 0.29) is 0 Å². The van der Waals surface area contributed by atoms with Crippen LogP contribution in [0, 0.1) is 6.92 Å². The normalized spacial score (nSPS) is 20.6. The number of hydrogen-bond donors (Lipinski definition) is 1. The third-order valence-electron chi connectivity index (χ3n) is 3.52. The molecule has 3 nitrogen and oxygen atoms in total. The van der Waals surface area contributed by atoms with Crippen molar-refractivity contribution < 1.29 is 0 Å². The van der Waals surface area contributed by atoms with Crippen LogP contribution >= 0.6 is 11.3 Å². The summed E-state index contributed by atoms with van der Waals surface area (Å²) in [6, 6.07) is 4.44. The zero-order valence-corrected chi connectivity index (χ0v) is 11.7. The van der Waals surface area contributed by atoms with Crippen LogP contribution in [0.2, 0.25) is 0 Å². The molecule has 0 spiro atoms. The van der Waals surface area contributed by atoms with Crippen molar-refractivity contribution in [2.45, 2.75) is 12.8 Å². The van der Waals surface area contributed by atoms with Crippen LogP contribution in [0.15, 0.2) is 12.1 Å². The minimum atomic E-state index is 0.511. The Kier molecular flexibility index (Phi) is 4.56. The largest absolute Gasteiger partial charge is 0.330 e. The number of rotatable bonds is 4. The van der Waals surface area contributed by atoms with Crippen LogP contribution in [-0.2, 0) is 0 Å². The van der Waals surface area contributed by atoms with Gasteiger partial charge in [-0.25, -0.2) is 0 Å². The van der Waals surface area contributed by atoms with Crippen LogP contribution in [-0.4, -0.2) is 56.1 Å². The van der Waals surface area contributed by atoms with E-state index in [1.165, 1.54) is 35.9 Å². The van der Waals surface area contributed by atoms with Gasteiger partial charge in [0.1, 0.15) is 0 Å². The Hall–Kier alpha value is -0.420. The zero-order chi connectivity index (χ0) is 12.3. The van der Waals surface area contributed by atoms with Gasteiger partial charge in [0.25, 0.3) is 0 Å². The van der Waals surface area contributed by atoms with E-state index in [9.17, 15) is 0 Å². The summed E-state index contributed by atoms with van der Waals surface area (Å²) in [6.45, 7) is 8.75. The second-order valence-electron chi connectivity index (χ2n) is 4.98. The Labute approximate surface area is 108 Å². The zero-order valence-electron chi connectivity index (χ0n) is 10.9. The van der Waals surface area contributed by atoms with E-state index in [1.807, 2.05) is 11.3 Å². The Bertz CT molecular complexity index is 342. The molecule has 1 fully saturated rings. The van der Waals surface area contributed by atoms with E-state index in [2.05, 4.69) is 35.9 Å². The molecule has 0 amide bonds. The van der Waals surface area contributed by atoms with E-state index in [0.717, 1.165) is 13.1 Å². The second-order valence-corrected chi connectivity index (χ2v) is 6.30. The van der Waals surface area contributed by atoms with Crippen molar-refractivity contribution in [1.29, 1.82) is 0 Å². The number of nitrogens with zero attached hydrogens (tertiary/aromatic N) is 2. The van der Waals surface area contributed by atoms with Crippen molar-refractivity contribution in [3.05, 3.63) is 21.9 Å². The Morgan fingerprint density at radius 3 is 2.53 bits per heavy atom. The fourth-order valence-electron chi connectivity index (χ4n) is 2.30. The lowest BCUT2D eigenvalue weighted by Crippen LogP contribution is -2.46. The molecule has 1 aromatic heterocycles. The minimum absolute atomic E-state index is 0.511. The Balaban J connectivity index is 1.91. The van der Waals surface area contributed by atoms with Crippen LogP contribution in [0.5, 0.6) is 0 Å². The summed E-state index contributed by atoms with van der Waals surface area (Å²) in [7, 11) is 2.19. The molecule has 1 aliphatic heterocycles. The average molecular weight is 253 g/mol. The first kappa shape index (κ1) is 13.0. The summed E-state index contributed by atoms with van der Waals surface area (Å²) < 4.78 is 0. The van der Waals surface area contributed by atoms with Gasteiger partial charge in [0.2, 0.25) is 0 Å². The molecule has 1 atom stereocenters. The maximum Gasteiger partial charge on any atom is 0.0183 e. The number of aryl methyl sites for hydroxylation is 1. The van der Waals surface area contributed by atoms with Gasteiger partial charge in [-0.1, -0.05) is 0 Å². The molecule has 0 bridgehead atoms. The van der Waals surface area contributed by atoms with Crippen molar-refractivity contribution in [3.8, 4) is 0 Å². The monoisotopic (exact) mass is 253 g/mol. The van der Waals surface area contributed by atoms with Gasteiger partial charge in [-0.2, -0.15) is 0 Å². The molecule has 17 heavy (non-hydrogen) atoms. The molecule has 0 radical (unpaired) electrons. The summed E-state index contributed by atoms with van der Waals surface area (Å²) in [6.07, 6.45) is 0. The number of likely N-dealkylation sites (N-methyl/N-ethyl adjacent to an activating group) is 1. The summed E-state index contributed by atoms with van der Waals surface area (Å²) in [4.78, 5) is 7.77. The molecule has 2 N–H and O–H groups in total. The second kappa shape index (κ2) is 5.96. The molecule has 0 aliphatic carbocycles. The van der Waals surface area contributed by atoms with Gasteiger partial charge in [0.05, 0.1) is 0 Å². The maximum absolute atomic E-state index is 5.93. The Morgan fingerprint density at radius 1 is 1.29 bits per heavy atom. The highest BCUT2D eigenvalue weighted by Crippen LogP contribution is 2.24. The number of hydrogen-bond acceptors (Lipinski definition) is 4. The number of thiophene rings is 1. The lowest BCUT2D eigenvalue weighted by molar-refractivity contribution is 0.148. The molecule has 0 saturated carbocycles. The standard InChI is InChI=1S/C13H23N3S/c1-11-3-4-13(17-11)12(9-14)10-16-7-5-15(2)6-8-16/h3-4,12H,5-10,14H2,1-2H3. The van der Waals surface area contributed by atoms with Gasteiger partial charge in [-0.05, 0) is 26.1 Å². The van der Waals surface area contributed by atoms with Crippen molar-refractivity contribution in [1.82, 2.24) is 9.80 Å². The summed E-state index contributed by atoms with van der Waals surface area (Å²) in [5, 5.41) is 0. The first-order valence-corrected chi connectivity index (χ1v) is 7.18. The molecule has 96 valence electrons. The number of nitrogens with two attached hydrogens (primary N) is 1. The molecule has 1 aromatic rings. The van der Waals surface area contributed by atoms with E-state index >= 15 is 0 Å². The quantitative estimate of drug-likeness (QED) is 0.879. The van der Waals surface area contributed by atoms with Crippen LogP contribution < -0.4 is 5.73 Å². The predicted octanol–water partition coefficient (Wildman–Crippen LogP) is 1.35. The lowest BCUT2D eigenvalue weighted by Gasteiger charge is -2.34. The van der Waals surface area contributed by atoms with Crippen molar-refractivity contribution in [2.75, 3.05) is 46.3 Å². The molecule has 1 unspecified atom stereocenters. The molecule has 1 aliphatic rings. The predicted molar refractivity (Wildman–Crippen MR) is 74.8 cm³/mol.